The topological polar surface area (TPSA) is 52.6 Å². The Morgan fingerprint density at radius 2 is 1.30 bits per heavy atom. The molecule has 0 saturated heterocycles. The highest BCUT2D eigenvalue weighted by atomic mass is 35.5. The van der Waals surface area contributed by atoms with Gasteiger partial charge in [0, 0.05) is 18.7 Å². The lowest BCUT2D eigenvalue weighted by molar-refractivity contribution is -0.146. The number of halogens is 1. The van der Waals surface area contributed by atoms with E-state index >= 15 is 0 Å². The van der Waals surface area contributed by atoms with Crippen LogP contribution in [0, 0.1) is 5.92 Å². The lowest BCUT2D eigenvalue weighted by Gasteiger charge is -2.07. The number of carbonyl (C=O) groups excluding carboxylic acids is 2. The molecule has 0 aromatic carbocycles. The van der Waals surface area contributed by atoms with Crippen LogP contribution in [0.5, 0.6) is 0 Å². The lowest BCUT2D eigenvalue weighted by Crippen LogP contribution is -2.10. The molecule has 0 bridgehead atoms. The van der Waals surface area contributed by atoms with Crippen LogP contribution in [-0.4, -0.2) is 31.0 Å². The summed E-state index contributed by atoms with van der Waals surface area (Å²) < 4.78 is 10.3. The summed E-state index contributed by atoms with van der Waals surface area (Å²) in [6.07, 6.45) is 8.77. The molecule has 0 fully saturated rings. The van der Waals surface area contributed by atoms with Gasteiger partial charge in [-0.25, -0.2) is 0 Å². The number of hydrogen-bond acceptors (Lipinski definition) is 4. The van der Waals surface area contributed by atoms with Crippen molar-refractivity contribution in [3.8, 4) is 0 Å². The van der Waals surface area contributed by atoms with E-state index < -0.39 is 0 Å². The minimum atomic E-state index is -0.179. The second-order valence-corrected chi connectivity index (χ2v) is 6.69. The average molecular weight is 349 g/mol. The summed E-state index contributed by atoms with van der Waals surface area (Å²) in [6, 6.07) is 0. The largest absolute Gasteiger partial charge is 0.466 e. The number of alkyl halides is 1. The molecule has 0 aromatic heterocycles. The van der Waals surface area contributed by atoms with Gasteiger partial charge < -0.3 is 9.47 Å². The van der Waals surface area contributed by atoms with E-state index in [1.165, 1.54) is 19.3 Å². The SMILES string of the molecule is CC(C)COC(=O)CCCCC(=O)OCCCCCCCCCl. The van der Waals surface area contributed by atoms with Crippen molar-refractivity contribution in [2.24, 2.45) is 5.92 Å². The monoisotopic (exact) mass is 348 g/mol. The van der Waals surface area contributed by atoms with E-state index in [1.54, 1.807) is 0 Å². The molecule has 0 spiro atoms. The molecule has 136 valence electrons. The molecule has 0 rings (SSSR count). The van der Waals surface area contributed by atoms with Crippen molar-refractivity contribution in [1.29, 1.82) is 0 Å². The Balaban J connectivity index is 3.32. The predicted molar refractivity (Wildman–Crippen MR) is 93.6 cm³/mol. The van der Waals surface area contributed by atoms with Crippen molar-refractivity contribution in [2.45, 2.75) is 78.1 Å². The molecule has 0 heterocycles. The molecule has 0 aliphatic rings. The van der Waals surface area contributed by atoms with Crippen LogP contribution in [0.2, 0.25) is 0 Å². The first kappa shape index (κ1) is 22.2. The van der Waals surface area contributed by atoms with Crippen LogP contribution in [0.1, 0.15) is 78.1 Å². The third-order valence-corrected chi connectivity index (χ3v) is 3.65. The van der Waals surface area contributed by atoms with Crippen LogP contribution in [0.25, 0.3) is 0 Å². The van der Waals surface area contributed by atoms with Gasteiger partial charge in [-0.1, -0.05) is 39.5 Å². The molecule has 0 amide bonds. The van der Waals surface area contributed by atoms with Gasteiger partial charge in [0.05, 0.1) is 13.2 Å². The van der Waals surface area contributed by atoms with Gasteiger partial charge in [-0.15, -0.1) is 11.6 Å². The molecule has 0 N–H and O–H groups in total. The van der Waals surface area contributed by atoms with Crippen LogP contribution in [0.15, 0.2) is 0 Å². The lowest BCUT2D eigenvalue weighted by atomic mass is 10.1. The molecule has 0 aliphatic heterocycles. The fourth-order valence-corrected chi connectivity index (χ4v) is 2.22. The van der Waals surface area contributed by atoms with Crippen molar-refractivity contribution in [1.82, 2.24) is 0 Å². The third-order valence-electron chi connectivity index (χ3n) is 3.38. The molecular weight excluding hydrogens is 316 g/mol. The summed E-state index contributed by atoms with van der Waals surface area (Å²) in [5.41, 5.74) is 0. The van der Waals surface area contributed by atoms with Crippen molar-refractivity contribution in [3.05, 3.63) is 0 Å². The van der Waals surface area contributed by atoms with Gasteiger partial charge in [0.1, 0.15) is 0 Å². The Morgan fingerprint density at radius 3 is 1.87 bits per heavy atom. The first-order valence-corrected chi connectivity index (χ1v) is 9.47. The Kier molecular flexibility index (Phi) is 15.6. The van der Waals surface area contributed by atoms with Crippen LogP contribution < -0.4 is 0 Å². The van der Waals surface area contributed by atoms with E-state index in [2.05, 4.69) is 0 Å². The first-order chi connectivity index (χ1) is 11.1. The number of carbonyl (C=O) groups is 2. The third kappa shape index (κ3) is 17.4. The van der Waals surface area contributed by atoms with Gasteiger partial charge in [0.15, 0.2) is 0 Å². The van der Waals surface area contributed by atoms with Crippen molar-refractivity contribution in [2.75, 3.05) is 19.1 Å². The van der Waals surface area contributed by atoms with E-state index in [9.17, 15) is 9.59 Å². The van der Waals surface area contributed by atoms with Gasteiger partial charge in [0.2, 0.25) is 0 Å². The zero-order valence-electron chi connectivity index (χ0n) is 14.8. The normalized spacial score (nSPS) is 10.8. The van der Waals surface area contributed by atoms with Crippen LogP contribution >= 0.6 is 11.6 Å². The van der Waals surface area contributed by atoms with E-state index in [1.807, 2.05) is 13.8 Å². The molecular formula is C18H33ClO4. The van der Waals surface area contributed by atoms with Gasteiger partial charge in [-0.2, -0.15) is 0 Å². The second kappa shape index (κ2) is 16.1. The summed E-state index contributed by atoms with van der Waals surface area (Å²) in [5, 5.41) is 0. The standard InChI is InChI=1S/C18H33ClO4/c1-16(2)15-23-18(21)12-8-7-11-17(20)22-14-10-6-4-3-5-9-13-19/h16H,3-15H2,1-2H3. The van der Waals surface area contributed by atoms with E-state index in [4.69, 9.17) is 21.1 Å². The fraction of sp³-hybridized carbons (Fsp3) is 0.889. The highest BCUT2D eigenvalue weighted by Crippen LogP contribution is 2.07. The minimum absolute atomic E-state index is 0.164. The maximum Gasteiger partial charge on any atom is 0.305 e. The van der Waals surface area contributed by atoms with Gasteiger partial charge in [0.25, 0.3) is 0 Å². The smallest absolute Gasteiger partial charge is 0.305 e. The predicted octanol–water partition coefficient (Wildman–Crippen LogP) is 4.87. The Hall–Kier alpha value is -0.770. The molecule has 4 nitrogen and oxygen atoms in total. The van der Waals surface area contributed by atoms with Gasteiger partial charge in [-0.3, -0.25) is 9.59 Å². The quantitative estimate of drug-likeness (QED) is 0.241. The van der Waals surface area contributed by atoms with E-state index in [0.717, 1.165) is 25.1 Å². The minimum Gasteiger partial charge on any atom is -0.466 e. The van der Waals surface area contributed by atoms with Crippen LogP contribution in [0.4, 0.5) is 0 Å². The molecule has 0 radical (unpaired) electrons. The number of unbranched alkanes of at least 4 members (excludes halogenated alkanes) is 6. The van der Waals surface area contributed by atoms with Crippen molar-refractivity contribution < 1.29 is 19.1 Å². The van der Waals surface area contributed by atoms with Crippen molar-refractivity contribution >= 4 is 23.5 Å². The molecule has 0 aliphatic carbocycles. The zero-order chi connectivity index (χ0) is 17.3. The first-order valence-electron chi connectivity index (χ1n) is 8.93. The van der Waals surface area contributed by atoms with E-state index in [0.29, 0.717) is 44.8 Å². The Bertz CT molecular complexity index is 305. The number of esters is 2. The number of hydrogen-bond donors (Lipinski definition) is 0. The molecule has 0 unspecified atom stereocenters. The van der Waals surface area contributed by atoms with Gasteiger partial charge in [-0.05, 0) is 31.6 Å². The molecule has 5 heteroatoms. The molecule has 0 aromatic rings. The summed E-state index contributed by atoms with van der Waals surface area (Å²) in [5.74, 6) is 0.755. The van der Waals surface area contributed by atoms with Crippen LogP contribution in [0.3, 0.4) is 0 Å². The highest BCUT2D eigenvalue weighted by Gasteiger charge is 2.06. The summed E-state index contributed by atoms with van der Waals surface area (Å²) in [4.78, 5) is 22.9. The second-order valence-electron chi connectivity index (χ2n) is 6.31. The van der Waals surface area contributed by atoms with Crippen LogP contribution in [-0.2, 0) is 19.1 Å². The Morgan fingerprint density at radius 1 is 0.783 bits per heavy atom. The fourth-order valence-electron chi connectivity index (χ4n) is 2.03. The average Bonchev–Trinajstić information content (AvgIpc) is 2.52. The van der Waals surface area contributed by atoms with Crippen molar-refractivity contribution in [3.63, 3.8) is 0 Å². The maximum absolute atomic E-state index is 11.5. The Labute approximate surface area is 146 Å². The van der Waals surface area contributed by atoms with Gasteiger partial charge >= 0.3 is 11.9 Å². The number of ether oxygens (including phenoxy) is 2. The molecule has 23 heavy (non-hydrogen) atoms. The summed E-state index contributed by atoms with van der Waals surface area (Å²) in [7, 11) is 0. The zero-order valence-corrected chi connectivity index (χ0v) is 15.5. The van der Waals surface area contributed by atoms with E-state index in [-0.39, 0.29) is 11.9 Å². The highest BCUT2D eigenvalue weighted by molar-refractivity contribution is 6.17. The molecule has 0 saturated carbocycles. The number of rotatable bonds is 15. The summed E-state index contributed by atoms with van der Waals surface area (Å²) in [6.45, 7) is 4.98. The molecule has 0 atom stereocenters. The summed E-state index contributed by atoms with van der Waals surface area (Å²) >= 11 is 5.61. The maximum atomic E-state index is 11.5.